The van der Waals surface area contributed by atoms with Crippen molar-refractivity contribution in [2.45, 2.75) is 23.8 Å². The Bertz CT molecular complexity index is 1230. The second kappa shape index (κ2) is 9.85. The van der Waals surface area contributed by atoms with E-state index in [1.165, 1.54) is 28.6 Å². The van der Waals surface area contributed by atoms with Gasteiger partial charge in [0.05, 0.1) is 29.1 Å². The number of sulfonamides is 1. The van der Waals surface area contributed by atoms with E-state index in [0.29, 0.717) is 51.5 Å². The fourth-order valence-electron chi connectivity index (χ4n) is 4.94. The summed E-state index contributed by atoms with van der Waals surface area (Å²) >= 11 is 0. The SMILES string of the molecule is N#Cc1ccc(S(=O)(=O)N2CCN(CC(=O)N3CCCC3c3ccc4c(c3)OCCO4)CC2)cc1. The highest BCUT2D eigenvalue weighted by Gasteiger charge is 2.33. The van der Waals surface area contributed by atoms with E-state index in [4.69, 9.17) is 14.7 Å². The van der Waals surface area contributed by atoms with Gasteiger partial charge in [0.1, 0.15) is 13.2 Å². The summed E-state index contributed by atoms with van der Waals surface area (Å²) in [4.78, 5) is 17.4. The van der Waals surface area contributed by atoms with Crippen LogP contribution in [0.4, 0.5) is 0 Å². The van der Waals surface area contributed by atoms with Crippen LogP contribution in [0.15, 0.2) is 47.4 Å². The van der Waals surface area contributed by atoms with Crippen molar-refractivity contribution in [2.24, 2.45) is 0 Å². The molecule has 3 aliphatic rings. The molecule has 1 atom stereocenters. The van der Waals surface area contributed by atoms with E-state index in [1.54, 1.807) is 0 Å². The first-order valence-electron chi connectivity index (χ1n) is 11.9. The van der Waals surface area contributed by atoms with Gasteiger partial charge in [-0.15, -0.1) is 0 Å². The number of fused-ring (bicyclic) bond motifs is 1. The van der Waals surface area contributed by atoms with Crippen LogP contribution >= 0.6 is 0 Å². The van der Waals surface area contributed by atoms with Crippen molar-refractivity contribution in [3.8, 4) is 17.6 Å². The van der Waals surface area contributed by atoms with E-state index in [9.17, 15) is 13.2 Å². The summed E-state index contributed by atoms with van der Waals surface area (Å²) in [6, 6.07) is 13.9. The zero-order valence-electron chi connectivity index (χ0n) is 19.4. The van der Waals surface area contributed by atoms with Crippen LogP contribution in [0.1, 0.15) is 30.0 Å². The number of hydrogen-bond donors (Lipinski definition) is 0. The van der Waals surface area contributed by atoms with Crippen molar-refractivity contribution in [3.05, 3.63) is 53.6 Å². The van der Waals surface area contributed by atoms with E-state index in [1.807, 2.05) is 34.1 Å². The zero-order chi connectivity index (χ0) is 24.4. The minimum absolute atomic E-state index is 0.0105. The molecule has 2 aromatic rings. The number of likely N-dealkylation sites (tertiary alicyclic amines) is 1. The normalized spacial score (nSPS) is 21.0. The van der Waals surface area contributed by atoms with Crippen molar-refractivity contribution in [3.63, 3.8) is 0 Å². The number of piperazine rings is 1. The monoisotopic (exact) mass is 496 g/mol. The number of ether oxygens (including phenoxy) is 2. The molecule has 0 aliphatic carbocycles. The Morgan fingerprint density at radius 3 is 2.40 bits per heavy atom. The predicted molar refractivity (Wildman–Crippen MR) is 127 cm³/mol. The first-order chi connectivity index (χ1) is 17.0. The van der Waals surface area contributed by atoms with E-state index in [0.717, 1.165) is 29.9 Å². The minimum Gasteiger partial charge on any atom is -0.486 e. The molecule has 1 unspecified atom stereocenters. The van der Waals surface area contributed by atoms with Gasteiger partial charge in [-0.25, -0.2) is 8.42 Å². The lowest BCUT2D eigenvalue weighted by Crippen LogP contribution is -2.51. The zero-order valence-corrected chi connectivity index (χ0v) is 20.2. The van der Waals surface area contributed by atoms with E-state index >= 15 is 0 Å². The highest BCUT2D eigenvalue weighted by molar-refractivity contribution is 7.89. The molecule has 0 radical (unpaired) electrons. The summed E-state index contributed by atoms with van der Waals surface area (Å²) in [6.45, 7) is 3.67. The summed E-state index contributed by atoms with van der Waals surface area (Å²) in [5.41, 5.74) is 1.47. The molecular formula is C25H28N4O5S. The van der Waals surface area contributed by atoms with Crippen LogP contribution in [0, 0.1) is 11.3 Å². The number of carbonyl (C=O) groups is 1. The van der Waals surface area contributed by atoms with Crippen LogP contribution in [0.2, 0.25) is 0 Å². The van der Waals surface area contributed by atoms with Crippen LogP contribution in [0.5, 0.6) is 11.5 Å². The molecule has 184 valence electrons. The third kappa shape index (κ3) is 4.85. The van der Waals surface area contributed by atoms with E-state index in [-0.39, 0.29) is 23.4 Å². The molecule has 2 aromatic carbocycles. The highest BCUT2D eigenvalue weighted by atomic mass is 32.2. The summed E-state index contributed by atoms with van der Waals surface area (Å²) < 4.78 is 38.7. The molecule has 3 aliphatic heterocycles. The van der Waals surface area contributed by atoms with Crippen molar-refractivity contribution in [1.82, 2.24) is 14.1 Å². The van der Waals surface area contributed by atoms with Crippen molar-refractivity contribution < 1.29 is 22.7 Å². The lowest BCUT2D eigenvalue weighted by molar-refractivity contribution is -0.133. The number of carbonyl (C=O) groups excluding carboxylic acids is 1. The third-order valence-electron chi connectivity index (χ3n) is 6.84. The van der Waals surface area contributed by atoms with Gasteiger partial charge in [-0.1, -0.05) is 6.07 Å². The topological polar surface area (TPSA) is 103 Å². The van der Waals surface area contributed by atoms with Gasteiger partial charge in [0.2, 0.25) is 15.9 Å². The molecule has 0 saturated carbocycles. The molecule has 9 nitrogen and oxygen atoms in total. The van der Waals surface area contributed by atoms with Gasteiger partial charge < -0.3 is 14.4 Å². The van der Waals surface area contributed by atoms with Crippen molar-refractivity contribution >= 4 is 15.9 Å². The minimum atomic E-state index is -3.63. The lowest BCUT2D eigenvalue weighted by Gasteiger charge is -2.35. The van der Waals surface area contributed by atoms with E-state index < -0.39 is 10.0 Å². The highest BCUT2D eigenvalue weighted by Crippen LogP contribution is 2.38. The largest absolute Gasteiger partial charge is 0.486 e. The smallest absolute Gasteiger partial charge is 0.243 e. The summed E-state index contributed by atoms with van der Waals surface area (Å²) in [5.74, 6) is 1.53. The molecule has 0 spiro atoms. The molecule has 3 heterocycles. The Hall–Kier alpha value is -3.13. The number of rotatable bonds is 5. The molecule has 2 saturated heterocycles. The van der Waals surface area contributed by atoms with Crippen LogP contribution in [-0.4, -0.2) is 80.9 Å². The second-order valence-electron chi connectivity index (χ2n) is 8.96. The number of nitriles is 1. The maximum atomic E-state index is 13.2. The fraction of sp³-hybridized carbons (Fsp3) is 0.440. The Balaban J connectivity index is 1.19. The maximum Gasteiger partial charge on any atom is 0.243 e. The maximum absolute atomic E-state index is 13.2. The van der Waals surface area contributed by atoms with Gasteiger partial charge >= 0.3 is 0 Å². The summed E-state index contributed by atoms with van der Waals surface area (Å²) in [6.07, 6.45) is 1.85. The molecule has 1 amide bonds. The molecule has 0 bridgehead atoms. The third-order valence-corrected chi connectivity index (χ3v) is 8.75. The van der Waals surface area contributed by atoms with Crippen LogP contribution in [0.25, 0.3) is 0 Å². The van der Waals surface area contributed by atoms with E-state index in [2.05, 4.69) is 0 Å². The summed E-state index contributed by atoms with van der Waals surface area (Å²) in [5, 5.41) is 8.93. The van der Waals surface area contributed by atoms with Crippen molar-refractivity contribution in [2.75, 3.05) is 52.5 Å². The van der Waals surface area contributed by atoms with Gasteiger partial charge in [-0.05, 0) is 54.8 Å². The molecule has 35 heavy (non-hydrogen) atoms. The average molecular weight is 497 g/mol. The number of hydrogen-bond acceptors (Lipinski definition) is 7. The lowest BCUT2D eigenvalue weighted by atomic mass is 10.0. The van der Waals surface area contributed by atoms with Crippen molar-refractivity contribution in [1.29, 1.82) is 5.26 Å². The number of benzene rings is 2. The quantitative estimate of drug-likeness (QED) is 0.624. The Morgan fingerprint density at radius 1 is 0.971 bits per heavy atom. The van der Waals surface area contributed by atoms with Gasteiger partial charge in [-0.2, -0.15) is 9.57 Å². The molecule has 2 fully saturated rings. The van der Waals surface area contributed by atoms with Gasteiger partial charge in [-0.3, -0.25) is 9.69 Å². The first kappa shape index (κ1) is 23.6. The van der Waals surface area contributed by atoms with Gasteiger partial charge in [0.25, 0.3) is 0 Å². The van der Waals surface area contributed by atoms with Gasteiger partial charge in [0.15, 0.2) is 11.5 Å². The standard InChI is InChI=1S/C25H28N4O5S/c26-17-19-3-6-21(7-4-19)35(31,32)28-12-10-27(11-13-28)18-25(30)29-9-1-2-22(29)20-5-8-23-24(16-20)34-15-14-33-23/h3-8,16,22H,1-2,9-15,18H2. The van der Waals surface area contributed by atoms with Crippen LogP contribution in [-0.2, 0) is 14.8 Å². The Morgan fingerprint density at radius 2 is 1.69 bits per heavy atom. The number of nitrogens with zero attached hydrogens (tertiary/aromatic N) is 4. The first-order valence-corrected chi connectivity index (χ1v) is 13.3. The van der Waals surface area contributed by atoms with Gasteiger partial charge in [0, 0.05) is 32.7 Å². The fourth-order valence-corrected chi connectivity index (χ4v) is 6.36. The average Bonchev–Trinajstić information content (AvgIpc) is 3.39. The second-order valence-corrected chi connectivity index (χ2v) is 10.9. The molecule has 10 heteroatoms. The summed E-state index contributed by atoms with van der Waals surface area (Å²) in [7, 11) is -3.63. The molecular weight excluding hydrogens is 468 g/mol. The number of amides is 1. The molecule has 5 rings (SSSR count). The van der Waals surface area contributed by atoms with Crippen LogP contribution < -0.4 is 9.47 Å². The predicted octanol–water partition coefficient (Wildman–Crippen LogP) is 2.00. The Kier molecular flexibility index (Phi) is 6.65. The molecule has 0 aromatic heterocycles. The molecule has 0 N–H and O–H groups in total. The van der Waals surface area contributed by atoms with Crippen LogP contribution in [0.3, 0.4) is 0 Å². The Labute approximate surface area is 205 Å².